The van der Waals surface area contributed by atoms with Crippen molar-refractivity contribution in [2.24, 2.45) is 0 Å². The largest absolute Gasteiger partial charge is 0.387 e. The minimum Gasteiger partial charge on any atom is -0.387 e. The van der Waals surface area contributed by atoms with Crippen molar-refractivity contribution in [3.8, 4) is 0 Å². The maximum absolute atomic E-state index is 12.7. The van der Waals surface area contributed by atoms with E-state index in [1.807, 2.05) is 44.0 Å². The van der Waals surface area contributed by atoms with Crippen LogP contribution in [0.3, 0.4) is 0 Å². The molecule has 4 heteroatoms. The number of benzene rings is 1. The second-order valence-corrected chi connectivity index (χ2v) is 5.27. The van der Waals surface area contributed by atoms with Crippen LogP contribution in [0.5, 0.6) is 0 Å². The van der Waals surface area contributed by atoms with Crippen LogP contribution in [-0.2, 0) is 4.74 Å². The molecule has 1 aromatic rings. The molecule has 4 nitrogen and oxygen atoms in total. The predicted molar refractivity (Wildman–Crippen MR) is 81.3 cm³/mol. The fraction of sp³-hybridized carbons (Fsp3) is 0.562. The summed E-state index contributed by atoms with van der Waals surface area (Å²) in [7, 11) is 1.85. The van der Waals surface area contributed by atoms with Gasteiger partial charge < -0.3 is 15.0 Å². The molecule has 1 aromatic carbocycles. The number of nitrogens with zero attached hydrogens (tertiary/aromatic N) is 1. The highest BCUT2D eigenvalue weighted by molar-refractivity contribution is 5.99. The lowest BCUT2D eigenvalue weighted by atomic mass is 10.0. The van der Waals surface area contributed by atoms with Gasteiger partial charge in [-0.05, 0) is 44.4 Å². The zero-order chi connectivity index (χ0) is 14.5. The smallest absolute Gasteiger partial charge is 0.256 e. The Bertz CT molecular complexity index is 472. The van der Waals surface area contributed by atoms with Crippen molar-refractivity contribution in [1.82, 2.24) is 4.90 Å². The van der Waals surface area contributed by atoms with Crippen LogP contribution >= 0.6 is 0 Å². The molecule has 1 atom stereocenters. The Morgan fingerprint density at radius 2 is 2.30 bits per heavy atom. The van der Waals surface area contributed by atoms with E-state index >= 15 is 0 Å². The number of amides is 1. The summed E-state index contributed by atoms with van der Waals surface area (Å²) in [5.74, 6) is 0.0961. The average Bonchev–Trinajstić information content (AvgIpc) is 2.47. The molecule has 1 aliphatic rings. The molecule has 0 bridgehead atoms. The minimum atomic E-state index is 0.0961. The third-order valence-corrected chi connectivity index (χ3v) is 3.74. The molecule has 1 aliphatic heterocycles. The standard InChI is InChI=1S/C16H24N2O2/c1-4-20-13-6-5-9-18(11-13)16(19)14-8-7-12(2)10-15(14)17-3/h7-8,10,13,17H,4-6,9,11H2,1-3H3. The lowest BCUT2D eigenvalue weighted by Crippen LogP contribution is -2.43. The van der Waals surface area contributed by atoms with Crippen LogP contribution in [0.15, 0.2) is 18.2 Å². The number of hydrogen-bond acceptors (Lipinski definition) is 3. The van der Waals surface area contributed by atoms with E-state index < -0.39 is 0 Å². The predicted octanol–water partition coefficient (Wildman–Crippen LogP) is 2.68. The van der Waals surface area contributed by atoms with Gasteiger partial charge in [-0.2, -0.15) is 0 Å². The van der Waals surface area contributed by atoms with Gasteiger partial charge in [-0.1, -0.05) is 6.07 Å². The van der Waals surface area contributed by atoms with Crippen molar-refractivity contribution in [2.45, 2.75) is 32.8 Å². The molecule has 1 fully saturated rings. The van der Waals surface area contributed by atoms with Gasteiger partial charge in [0.15, 0.2) is 0 Å². The molecule has 0 radical (unpaired) electrons. The van der Waals surface area contributed by atoms with Gasteiger partial charge in [-0.25, -0.2) is 0 Å². The van der Waals surface area contributed by atoms with Crippen molar-refractivity contribution in [3.05, 3.63) is 29.3 Å². The molecule has 2 rings (SSSR count). The van der Waals surface area contributed by atoms with Crippen LogP contribution in [0.4, 0.5) is 5.69 Å². The van der Waals surface area contributed by atoms with Gasteiger partial charge in [0.25, 0.3) is 5.91 Å². The molecule has 1 heterocycles. The van der Waals surface area contributed by atoms with Crippen LogP contribution in [0.1, 0.15) is 35.7 Å². The lowest BCUT2D eigenvalue weighted by molar-refractivity contribution is 0.00728. The fourth-order valence-corrected chi connectivity index (χ4v) is 2.72. The number of piperidine rings is 1. The highest BCUT2D eigenvalue weighted by atomic mass is 16.5. The van der Waals surface area contributed by atoms with Gasteiger partial charge in [0.2, 0.25) is 0 Å². The van der Waals surface area contributed by atoms with E-state index in [0.29, 0.717) is 13.2 Å². The number of anilines is 1. The SMILES string of the molecule is CCOC1CCCN(C(=O)c2ccc(C)cc2NC)C1. The Balaban J connectivity index is 2.14. The summed E-state index contributed by atoms with van der Waals surface area (Å²) in [5.41, 5.74) is 2.79. The van der Waals surface area contributed by atoms with Gasteiger partial charge in [-0.15, -0.1) is 0 Å². The average molecular weight is 276 g/mol. The molecule has 0 spiro atoms. The Hall–Kier alpha value is -1.55. The fourth-order valence-electron chi connectivity index (χ4n) is 2.72. The van der Waals surface area contributed by atoms with E-state index in [0.717, 1.165) is 36.2 Å². The van der Waals surface area contributed by atoms with E-state index in [2.05, 4.69) is 5.32 Å². The molecule has 0 aliphatic carbocycles. The molecular weight excluding hydrogens is 252 g/mol. The van der Waals surface area contributed by atoms with E-state index in [-0.39, 0.29) is 12.0 Å². The zero-order valence-corrected chi connectivity index (χ0v) is 12.6. The first-order valence-corrected chi connectivity index (χ1v) is 7.35. The summed E-state index contributed by atoms with van der Waals surface area (Å²) in [6.07, 6.45) is 2.24. The van der Waals surface area contributed by atoms with Gasteiger partial charge in [0.05, 0.1) is 11.7 Å². The maximum atomic E-state index is 12.7. The topological polar surface area (TPSA) is 41.6 Å². The first-order valence-electron chi connectivity index (χ1n) is 7.35. The van der Waals surface area contributed by atoms with Crippen LogP contribution in [0.2, 0.25) is 0 Å². The molecule has 0 saturated carbocycles. The van der Waals surface area contributed by atoms with Crippen LogP contribution in [0, 0.1) is 6.92 Å². The Morgan fingerprint density at radius 1 is 1.50 bits per heavy atom. The number of hydrogen-bond donors (Lipinski definition) is 1. The minimum absolute atomic E-state index is 0.0961. The van der Waals surface area contributed by atoms with Crippen molar-refractivity contribution in [3.63, 3.8) is 0 Å². The van der Waals surface area contributed by atoms with Crippen molar-refractivity contribution in [2.75, 3.05) is 32.1 Å². The summed E-state index contributed by atoms with van der Waals surface area (Å²) in [4.78, 5) is 14.6. The van der Waals surface area contributed by atoms with E-state index in [4.69, 9.17) is 4.74 Å². The van der Waals surface area contributed by atoms with E-state index in [9.17, 15) is 4.79 Å². The van der Waals surface area contributed by atoms with Crippen LogP contribution in [0.25, 0.3) is 0 Å². The molecular formula is C16H24N2O2. The van der Waals surface area contributed by atoms with Gasteiger partial charge >= 0.3 is 0 Å². The third-order valence-electron chi connectivity index (χ3n) is 3.74. The molecule has 1 amide bonds. The van der Waals surface area contributed by atoms with E-state index in [1.165, 1.54) is 0 Å². The first-order chi connectivity index (χ1) is 9.65. The number of likely N-dealkylation sites (tertiary alicyclic amines) is 1. The quantitative estimate of drug-likeness (QED) is 0.919. The Labute approximate surface area is 121 Å². The number of aryl methyl sites for hydroxylation is 1. The number of ether oxygens (including phenoxy) is 1. The first kappa shape index (κ1) is 14.9. The Morgan fingerprint density at radius 3 is 3.00 bits per heavy atom. The molecule has 110 valence electrons. The Kier molecular flexibility index (Phi) is 5.01. The monoisotopic (exact) mass is 276 g/mol. The van der Waals surface area contributed by atoms with Gasteiger partial charge in [0, 0.05) is 32.4 Å². The van der Waals surface area contributed by atoms with E-state index in [1.54, 1.807) is 0 Å². The molecule has 1 N–H and O–H groups in total. The second-order valence-electron chi connectivity index (χ2n) is 5.27. The normalized spacial score (nSPS) is 18.9. The van der Waals surface area contributed by atoms with Crippen LogP contribution in [-0.4, -0.2) is 43.7 Å². The number of carbonyl (C=O) groups excluding carboxylic acids is 1. The van der Waals surface area contributed by atoms with Gasteiger partial charge in [-0.3, -0.25) is 4.79 Å². The maximum Gasteiger partial charge on any atom is 0.256 e. The summed E-state index contributed by atoms with van der Waals surface area (Å²) < 4.78 is 5.67. The highest BCUT2D eigenvalue weighted by Gasteiger charge is 2.25. The summed E-state index contributed by atoms with van der Waals surface area (Å²) >= 11 is 0. The number of carbonyl (C=O) groups is 1. The van der Waals surface area contributed by atoms with Crippen molar-refractivity contribution >= 4 is 11.6 Å². The summed E-state index contributed by atoms with van der Waals surface area (Å²) in [5, 5.41) is 3.11. The molecule has 20 heavy (non-hydrogen) atoms. The number of nitrogens with one attached hydrogen (secondary N) is 1. The van der Waals surface area contributed by atoms with Gasteiger partial charge in [0.1, 0.15) is 0 Å². The second kappa shape index (κ2) is 6.75. The summed E-state index contributed by atoms with van der Waals surface area (Å²) in [6.45, 7) is 6.25. The lowest BCUT2D eigenvalue weighted by Gasteiger charge is -2.33. The molecule has 0 aromatic heterocycles. The highest BCUT2D eigenvalue weighted by Crippen LogP contribution is 2.22. The van der Waals surface area contributed by atoms with Crippen molar-refractivity contribution in [1.29, 1.82) is 0 Å². The number of rotatable bonds is 4. The third kappa shape index (κ3) is 3.31. The zero-order valence-electron chi connectivity index (χ0n) is 12.6. The van der Waals surface area contributed by atoms with Crippen molar-refractivity contribution < 1.29 is 9.53 Å². The molecule has 1 unspecified atom stereocenters. The molecule has 1 saturated heterocycles. The summed E-state index contributed by atoms with van der Waals surface area (Å²) in [6, 6.07) is 5.91. The van der Waals surface area contributed by atoms with Crippen LogP contribution < -0.4 is 5.32 Å².